The third-order valence-electron chi connectivity index (χ3n) is 10.1. The largest absolute Gasteiger partial charge is 0.444 e. The zero-order chi connectivity index (χ0) is 37.3. The lowest BCUT2D eigenvalue weighted by atomic mass is 9.87. The Labute approximate surface area is 305 Å². The average molecular weight is 746 g/mol. The maximum absolute atomic E-state index is 14.6. The number of carbonyl (C=O) groups is 1. The molecule has 1 N–H and O–H groups in total. The number of anilines is 2. The van der Waals surface area contributed by atoms with Crippen molar-refractivity contribution in [2.75, 3.05) is 69.3 Å². The van der Waals surface area contributed by atoms with E-state index in [4.69, 9.17) is 14.2 Å². The van der Waals surface area contributed by atoms with Crippen LogP contribution in [-0.2, 0) is 20.9 Å². The maximum atomic E-state index is 14.6. The van der Waals surface area contributed by atoms with Gasteiger partial charge in [-0.2, -0.15) is 13.2 Å². The van der Waals surface area contributed by atoms with E-state index in [1.54, 1.807) is 23.4 Å². The highest BCUT2D eigenvalue weighted by Gasteiger charge is 2.47. The molecule has 1 amide bonds. The number of piperidine rings is 1. The zero-order valence-corrected chi connectivity index (χ0v) is 32.3. The number of nitrogens with one attached hydrogen (secondary N) is 1. The lowest BCUT2D eigenvalue weighted by molar-refractivity contribution is -0.157. The number of morpholine rings is 1. The lowest BCUT2D eigenvalue weighted by Gasteiger charge is -2.48. The van der Waals surface area contributed by atoms with Crippen molar-refractivity contribution >= 4 is 36.7 Å². The fourth-order valence-corrected chi connectivity index (χ4v) is 7.90. The number of fused-ring (bicyclic) bond motifs is 1. The third kappa shape index (κ3) is 9.39. The highest BCUT2D eigenvalue weighted by Crippen LogP contribution is 2.37. The van der Waals surface area contributed by atoms with Gasteiger partial charge in [0.1, 0.15) is 36.2 Å². The molecule has 1 atom stereocenters. The number of aromatic nitrogens is 3. The molecular weight excluding hydrogens is 692 g/mol. The Morgan fingerprint density at radius 3 is 2.31 bits per heavy atom. The van der Waals surface area contributed by atoms with Crippen LogP contribution in [0.3, 0.4) is 0 Å². The predicted molar refractivity (Wildman–Crippen MR) is 199 cm³/mol. The first-order valence-corrected chi connectivity index (χ1v) is 22.2. The quantitative estimate of drug-likeness (QED) is 0.166. The average Bonchev–Trinajstić information content (AvgIpc) is 3.43. The molecule has 3 aliphatic rings. The van der Waals surface area contributed by atoms with Gasteiger partial charge in [-0.05, 0) is 82.4 Å². The molecule has 11 nitrogen and oxygen atoms in total. The molecule has 286 valence electrons. The van der Waals surface area contributed by atoms with Gasteiger partial charge in [0, 0.05) is 52.6 Å². The van der Waals surface area contributed by atoms with E-state index >= 15 is 0 Å². The lowest BCUT2D eigenvalue weighted by Crippen LogP contribution is -2.63. The van der Waals surface area contributed by atoms with E-state index in [1.807, 2.05) is 37.5 Å². The number of alkyl halides is 3. The summed E-state index contributed by atoms with van der Waals surface area (Å²) in [5, 5.41) is 3.75. The van der Waals surface area contributed by atoms with Crippen LogP contribution < -0.4 is 10.2 Å². The normalized spacial score (nSPS) is 19.2. The summed E-state index contributed by atoms with van der Waals surface area (Å²) in [6.45, 7) is 18.3. The molecule has 3 fully saturated rings. The summed E-state index contributed by atoms with van der Waals surface area (Å²) in [5.41, 5.74) is 2.33. The number of rotatable bonds is 11. The number of halogens is 3. The number of nitrogens with zero attached hydrogens (tertiary/aromatic N) is 6. The number of carbonyl (C=O) groups excluding carboxylic acids is 1. The van der Waals surface area contributed by atoms with Crippen LogP contribution in [-0.4, -0.2) is 121 Å². The standard InChI is InChI=1S/C37H54F3N7O4Si/c1-36(2,3)51-35(48)46-22-29(23-46)44-13-11-27(12-14-44)32(37(38,39)40)43-28-9-7-26(8-10-28)31-21-30-33(45-15-17-49-18-16-45)41-24-42-34(30)47(31)25-50-19-20-52(4,5)6/h7-10,21,24,27,29,32,43H,11-20,22-23,25H2,1-6H3. The van der Waals surface area contributed by atoms with Crippen molar-refractivity contribution in [2.24, 2.45) is 5.92 Å². The molecule has 6 rings (SSSR count). The van der Waals surface area contributed by atoms with Crippen LogP contribution >= 0.6 is 0 Å². The minimum Gasteiger partial charge on any atom is -0.444 e. The summed E-state index contributed by atoms with van der Waals surface area (Å²) in [6, 6.07) is 8.75. The molecule has 5 heterocycles. The molecule has 0 radical (unpaired) electrons. The second-order valence-electron chi connectivity index (χ2n) is 16.5. The minimum absolute atomic E-state index is 0.149. The van der Waals surface area contributed by atoms with Gasteiger partial charge in [0.15, 0.2) is 0 Å². The first kappa shape index (κ1) is 38.3. The van der Waals surface area contributed by atoms with Gasteiger partial charge in [0.25, 0.3) is 0 Å². The number of hydrogen-bond donors (Lipinski definition) is 1. The molecule has 3 saturated heterocycles. The molecule has 3 aliphatic heterocycles. The van der Waals surface area contributed by atoms with Crippen molar-refractivity contribution in [1.29, 1.82) is 0 Å². The number of amides is 1. The van der Waals surface area contributed by atoms with Crippen molar-refractivity contribution in [1.82, 2.24) is 24.3 Å². The van der Waals surface area contributed by atoms with Crippen LogP contribution in [0.15, 0.2) is 36.7 Å². The molecule has 0 spiro atoms. The number of benzene rings is 1. The SMILES string of the molecule is CC(C)(C)OC(=O)N1CC(N2CCC(C(Nc3ccc(-c4cc5c(N6CCOCC6)ncnc5n4COCC[Si](C)(C)C)cc3)C(F)(F)F)CC2)C1. The van der Waals surface area contributed by atoms with Crippen LogP contribution in [0.4, 0.5) is 29.5 Å². The van der Waals surface area contributed by atoms with E-state index in [9.17, 15) is 18.0 Å². The van der Waals surface area contributed by atoms with E-state index in [0.717, 1.165) is 47.2 Å². The van der Waals surface area contributed by atoms with Crippen LogP contribution in [0.5, 0.6) is 0 Å². The van der Waals surface area contributed by atoms with Crippen molar-refractivity contribution in [3.05, 3.63) is 36.7 Å². The Bertz CT molecular complexity index is 1650. The summed E-state index contributed by atoms with van der Waals surface area (Å²) in [7, 11) is -1.29. The first-order valence-electron chi connectivity index (χ1n) is 18.5. The Morgan fingerprint density at radius 2 is 1.69 bits per heavy atom. The van der Waals surface area contributed by atoms with E-state index in [-0.39, 0.29) is 12.1 Å². The van der Waals surface area contributed by atoms with E-state index < -0.39 is 31.8 Å². The van der Waals surface area contributed by atoms with E-state index in [2.05, 4.69) is 50.8 Å². The first-order chi connectivity index (χ1) is 24.6. The van der Waals surface area contributed by atoms with Crippen LogP contribution in [0.25, 0.3) is 22.3 Å². The van der Waals surface area contributed by atoms with Crippen molar-refractivity contribution < 1.29 is 32.2 Å². The molecule has 1 aromatic carbocycles. The van der Waals surface area contributed by atoms with E-state index in [1.165, 1.54) is 0 Å². The van der Waals surface area contributed by atoms with Gasteiger partial charge < -0.3 is 33.9 Å². The topological polar surface area (TPSA) is 97.2 Å². The van der Waals surface area contributed by atoms with Crippen LogP contribution in [0, 0.1) is 5.92 Å². The Hall–Kier alpha value is -3.40. The highest BCUT2D eigenvalue weighted by molar-refractivity contribution is 6.76. The summed E-state index contributed by atoms with van der Waals surface area (Å²) in [5.74, 6) is 0.274. The monoisotopic (exact) mass is 745 g/mol. The molecule has 1 unspecified atom stereocenters. The molecular formula is C37H54F3N7O4Si. The summed E-state index contributed by atoms with van der Waals surface area (Å²) >= 11 is 0. The van der Waals surface area contributed by atoms with E-state index in [0.29, 0.717) is 71.3 Å². The number of ether oxygens (including phenoxy) is 3. The van der Waals surface area contributed by atoms with Gasteiger partial charge in [0.2, 0.25) is 0 Å². The van der Waals surface area contributed by atoms with Crippen LogP contribution in [0.2, 0.25) is 25.7 Å². The molecule has 0 aliphatic carbocycles. The number of likely N-dealkylation sites (tertiary alicyclic amines) is 2. The molecule has 0 bridgehead atoms. The van der Waals surface area contributed by atoms with Crippen LogP contribution in [0.1, 0.15) is 33.6 Å². The minimum atomic E-state index is -4.41. The second-order valence-corrected chi connectivity index (χ2v) is 22.1. The predicted octanol–water partition coefficient (Wildman–Crippen LogP) is 6.92. The molecule has 3 aromatic rings. The van der Waals surface area contributed by atoms with Crippen molar-refractivity contribution in [2.45, 2.75) is 89.9 Å². The van der Waals surface area contributed by atoms with Gasteiger partial charge in [-0.25, -0.2) is 14.8 Å². The fraction of sp³-hybridized carbons (Fsp3) is 0.649. The van der Waals surface area contributed by atoms with Gasteiger partial charge >= 0.3 is 12.3 Å². The highest BCUT2D eigenvalue weighted by atomic mass is 28.3. The van der Waals surface area contributed by atoms with Gasteiger partial charge in [-0.3, -0.25) is 4.90 Å². The molecule has 15 heteroatoms. The molecule has 2 aromatic heterocycles. The summed E-state index contributed by atoms with van der Waals surface area (Å²) in [6.07, 6.45) is -2.34. The van der Waals surface area contributed by atoms with Crippen molar-refractivity contribution in [3.63, 3.8) is 0 Å². The fourth-order valence-electron chi connectivity index (χ4n) is 7.14. The zero-order valence-electron chi connectivity index (χ0n) is 31.3. The Kier molecular flexibility index (Phi) is 11.4. The smallest absolute Gasteiger partial charge is 0.410 e. The maximum Gasteiger partial charge on any atom is 0.410 e. The summed E-state index contributed by atoms with van der Waals surface area (Å²) in [4.78, 5) is 27.7. The Morgan fingerprint density at radius 1 is 1.02 bits per heavy atom. The summed E-state index contributed by atoms with van der Waals surface area (Å²) < 4.78 is 62.9. The van der Waals surface area contributed by atoms with Gasteiger partial charge in [0.05, 0.1) is 24.3 Å². The third-order valence-corrected chi connectivity index (χ3v) is 11.8. The molecule has 52 heavy (non-hydrogen) atoms. The Balaban J connectivity index is 1.14. The number of hydrogen-bond acceptors (Lipinski definition) is 9. The van der Waals surface area contributed by atoms with Gasteiger partial charge in [-0.15, -0.1) is 0 Å². The van der Waals surface area contributed by atoms with Crippen molar-refractivity contribution in [3.8, 4) is 11.3 Å². The second kappa shape index (κ2) is 15.5. The van der Waals surface area contributed by atoms with Gasteiger partial charge in [-0.1, -0.05) is 31.8 Å². The molecule has 0 saturated carbocycles.